The maximum atomic E-state index is 11.5. The van der Waals surface area contributed by atoms with Gasteiger partial charge in [0.05, 0.1) is 17.6 Å². The summed E-state index contributed by atoms with van der Waals surface area (Å²) < 4.78 is 0. The summed E-state index contributed by atoms with van der Waals surface area (Å²) in [5, 5.41) is 5.96. The average Bonchev–Trinajstić information content (AvgIpc) is 2.33. The molecule has 1 aromatic heterocycles. The van der Waals surface area contributed by atoms with E-state index in [1.54, 1.807) is 12.3 Å². The van der Waals surface area contributed by atoms with Crippen LogP contribution in [0.3, 0.4) is 0 Å². The lowest BCUT2D eigenvalue weighted by Gasteiger charge is -2.23. The average molecular weight is 250 g/mol. The summed E-state index contributed by atoms with van der Waals surface area (Å²) in [7, 11) is 0. The fourth-order valence-corrected chi connectivity index (χ4v) is 1.86. The summed E-state index contributed by atoms with van der Waals surface area (Å²) in [6.45, 7) is 0.760. The molecule has 1 aliphatic heterocycles. The van der Waals surface area contributed by atoms with Gasteiger partial charge in [0, 0.05) is 6.54 Å². The molecular weight excluding hydrogens is 236 g/mol. The molecule has 0 aliphatic carbocycles. The Morgan fingerprint density at radius 1 is 1.59 bits per heavy atom. The highest BCUT2D eigenvalue weighted by atomic mass is 32.1. The summed E-state index contributed by atoms with van der Waals surface area (Å²) in [5.41, 5.74) is 6.83. The summed E-state index contributed by atoms with van der Waals surface area (Å²) in [4.78, 5) is 15.9. The fraction of sp³-hybridized carbons (Fsp3) is 0.364. The first-order valence-corrected chi connectivity index (χ1v) is 5.88. The van der Waals surface area contributed by atoms with Crippen LogP contribution in [-0.4, -0.2) is 28.5 Å². The molecule has 1 amide bonds. The zero-order valence-corrected chi connectivity index (χ0v) is 10.1. The van der Waals surface area contributed by atoms with Crippen molar-refractivity contribution < 1.29 is 4.79 Å². The van der Waals surface area contributed by atoms with Crippen molar-refractivity contribution in [2.75, 3.05) is 11.9 Å². The number of hydrogen-bond donors (Lipinski definition) is 3. The van der Waals surface area contributed by atoms with Gasteiger partial charge in [0.25, 0.3) is 0 Å². The lowest BCUT2D eigenvalue weighted by molar-refractivity contribution is -0.123. The molecule has 1 aromatic rings. The van der Waals surface area contributed by atoms with E-state index in [0.717, 1.165) is 25.1 Å². The molecule has 0 bridgehead atoms. The number of pyridine rings is 1. The van der Waals surface area contributed by atoms with Crippen molar-refractivity contribution >= 4 is 28.8 Å². The highest BCUT2D eigenvalue weighted by Gasteiger charge is 2.21. The van der Waals surface area contributed by atoms with Gasteiger partial charge >= 0.3 is 0 Å². The lowest BCUT2D eigenvalue weighted by atomic mass is 10.1. The minimum absolute atomic E-state index is 0.0367. The number of thiocarbonyl (C=S) groups is 1. The van der Waals surface area contributed by atoms with Crippen LogP contribution in [0.5, 0.6) is 0 Å². The number of piperidine rings is 1. The molecule has 0 radical (unpaired) electrons. The van der Waals surface area contributed by atoms with Gasteiger partial charge in [-0.1, -0.05) is 12.2 Å². The second-order valence-electron chi connectivity index (χ2n) is 3.93. The van der Waals surface area contributed by atoms with E-state index in [1.165, 1.54) is 0 Å². The van der Waals surface area contributed by atoms with E-state index in [4.69, 9.17) is 18.0 Å². The SMILES string of the molecule is NC(=S)c1ccc(NC2CCCNC2=O)cn1. The van der Waals surface area contributed by atoms with E-state index >= 15 is 0 Å². The Hall–Kier alpha value is -1.69. The molecule has 5 nitrogen and oxygen atoms in total. The number of rotatable bonds is 3. The van der Waals surface area contributed by atoms with Crippen LogP contribution in [0.4, 0.5) is 5.69 Å². The van der Waals surface area contributed by atoms with Crippen LogP contribution in [0.2, 0.25) is 0 Å². The van der Waals surface area contributed by atoms with Crippen molar-refractivity contribution in [1.29, 1.82) is 0 Å². The van der Waals surface area contributed by atoms with Gasteiger partial charge in [-0.05, 0) is 25.0 Å². The Labute approximate surface area is 105 Å². The van der Waals surface area contributed by atoms with Gasteiger partial charge in [0.15, 0.2) is 0 Å². The molecule has 4 N–H and O–H groups in total. The van der Waals surface area contributed by atoms with Crippen LogP contribution in [0, 0.1) is 0 Å². The van der Waals surface area contributed by atoms with E-state index in [-0.39, 0.29) is 16.9 Å². The summed E-state index contributed by atoms with van der Waals surface area (Å²) in [6, 6.07) is 3.38. The normalized spacial score (nSPS) is 19.5. The zero-order chi connectivity index (χ0) is 12.3. The van der Waals surface area contributed by atoms with Gasteiger partial charge in [0.2, 0.25) is 5.91 Å². The van der Waals surface area contributed by atoms with Crippen molar-refractivity contribution in [1.82, 2.24) is 10.3 Å². The van der Waals surface area contributed by atoms with Crippen molar-refractivity contribution in [3.8, 4) is 0 Å². The van der Waals surface area contributed by atoms with Gasteiger partial charge < -0.3 is 16.4 Å². The van der Waals surface area contributed by atoms with Gasteiger partial charge in [-0.2, -0.15) is 0 Å². The van der Waals surface area contributed by atoms with E-state index in [0.29, 0.717) is 5.69 Å². The molecule has 1 aliphatic rings. The topological polar surface area (TPSA) is 80.0 Å². The number of amides is 1. The first-order valence-electron chi connectivity index (χ1n) is 5.47. The predicted molar refractivity (Wildman–Crippen MR) is 69.8 cm³/mol. The highest BCUT2D eigenvalue weighted by Crippen LogP contribution is 2.12. The van der Waals surface area contributed by atoms with Gasteiger partial charge in [-0.3, -0.25) is 9.78 Å². The number of hydrogen-bond acceptors (Lipinski definition) is 4. The Morgan fingerprint density at radius 2 is 2.41 bits per heavy atom. The second-order valence-corrected chi connectivity index (χ2v) is 4.37. The lowest BCUT2D eigenvalue weighted by Crippen LogP contribution is -2.44. The quantitative estimate of drug-likeness (QED) is 0.677. The Kier molecular flexibility index (Phi) is 3.53. The van der Waals surface area contributed by atoms with Crippen molar-refractivity contribution in [2.24, 2.45) is 5.73 Å². The first kappa shape index (κ1) is 11.8. The largest absolute Gasteiger partial charge is 0.388 e. The highest BCUT2D eigenvalue weighted by molar-refractivity contribution is 7.80. The first-order chi connectivity index (χ1) is 8.16. The minimum Gasteiger partial charge on any atom is -0.388 e. The minimum atomic E-state index is -0.179. The van der Waals surface area contributed by atoms with Crippen molar-refractivity contribution in [3.63, 3.8) is 0 Å². The van der Waals surface area contributed by atoms with Crippen molar-refractivity contribution in [2.45, 2.75) is 18.9 Å². The molecular formula is C11H14N4OS. The monoisotopic (exact) mass is 250 g/mol. The third-order valence-electron chi connectivity index (χ3n) is 2.64. The smallest absolute Gasteiger partial charge is 0.242 e. The van der Waals surface area contributed by atoms with E-state index < -0.39 is 0 Å². The van der Waals surface area contributed by atoms with Crippen molar-refractivity contribution in [3.05, 3.63) is 24.0 Å². The molecule has 90 valence electrons. The molecule has 1 saturated heterocycles. The second kappa shape index (κ2) is 5.09. The van der Waals surface area contributed by atoms with E-state index in [1.807, 2.05) is 6.07 Å². The Morgan fingerprint density at radius 3 is 3.00 bits per heavy atom. The molecule has 2 heterocycles. The standard InChI is InChI=1S/C11H14N4OS/c12-10(17)8-4-3-7(6-14-8)15-9-2-1-5-13-11(9)16/h3-4,6,9,15H,1-2,5H2,(H2,12,17)(H,13,16). The zero-order valence-electron chi connectivity index (χ0n) is 9.27. The van der Waals surface area contributed by atoms with E-state index in [2.05, 4.69) is 15.6 Å². The van der Waals surface area contributed by atoms with Crippen LogP contribution < -0.4 is 16.4 Å². The molecule has 0 saturated carbocycles. The fourth-order valence-electron chi connectivity index (χ4n) is 1.74. The molecule has 17 heavy (non-hydrogen) atoms. The number of nitrogens with two attached hydrogens (primary N) is 1. The number of aromatic nitrogens is 1. The Balaban J connectivity index is 2.03. The third-order valence-corrected chi connectivity index (χ3v) is 2.85. The predicted octanol–water partition coefficient (Wildman–Crippen LogP) is 0.406. The molecule has 1 fully saturated rings. The number of nitrogens with zero attached hydrogens (tertiary/aromatic N) is 1. The summed E-state index contributed by atoms with van der Waals surface area (Å²) in [6.07, 6.45) is 3.46. The molecule has 1 atom stereocenters. The summed E-state index contributed by atoms with van der Waals surface area (Å²) >= 11 is 4.82. The van der Waals surface area contributed by atoms with Crippen LogP contribution >= 0.6 is 12.2 Å². The maximum absolute atomic E-state index is 11.5. The van der Waals surface area contributed by atoms with Crippen LogP contribution in [-0.2, 0) is 4.79 Å². The number of carbonyl (C=O) groups is 1. The number of anilines is 1. The Bertz CT molecular complexity index is 432. The molecule has 2 rings (SSSR count). The van der Waals surface area contributed by atoms with Crippen LogP contribution in [0.15, 0.2) is 18.3 Å². The van der Waals surface area contributed by atoms with Gasteiger partial charge in [-0.25, -0.2) is 0 Å². The van der Waals surface area contributed by atoms with Gasteiger partial charge in [-0.15, -0.1) is 0 Å². The molecule has 0 aromatic carbocycles. The van der Waals surface area contributed by atoms with Gasteiger partial charge in [0.1, 0.15) is 11.0 Å². The van der Waals surface area contributed by atoms with E-state index in [9.17, 15) is 4.79 Å². The summed E-state index contributed by atoms with van der Waals surface area (Å²) in [5.74, 6) is 0.0367. The van der Waals surface area contributed by atoms with Crippen LogP contribution in [0.25, 0.3) is 0 Å². The van der Waals surface area contributed by atoms with Crippen LogP contribution in [0.1, 0.15) is 18.5 Å². The number of nitrogens with one attached hydrogen (secondary N) is 2. The molecule has 0 spiro atoms. The third kappa shape index (κ3) is 2.91. The molecule has 6 heteroatoms. The number of carbonyl (C=O) groups excluding carboxylic acids is 1. The maximum Gasteiger partial charge on any atom is 0.242 e. The molecule has 1 unspecified atom stereocenters.